The van der Waals surface area contributed by atoms with Crippen LogP contribution < -0.4 is 9.64 Å². The number of ether oxygens (including phenoxy) is 1. The highest BCUT2D eigenvalue weighted by Gasteiger charge is 2.35. The summed E-state index contributed by atoms with van der Waals surface area (Å²) < 4.78 is 48.8. The molecule has 2 aromatic carbocycles. The third-order valence-electron chi connectivity index (χ3n) is 9.38. The van der Waals surface area contributed by atoms with Crippen LogP contribution in [0.25, 0.3) is 32.9 Å². The summed E-state index contributed by atoms with van der Waals surface area (Å²) in [4.78, 5) is 31.2. The lowest BCUT2D eigenvalue weighted by Gasteiger charge is -2.40. The normalized spacial score (nSPS) is 21.4. The number of methoxy groups -OCH3 is 1. The Kier molecular flexibility index (Phi) is 8.91. The number of aromatic nitrogens is 3. The van der Waals surface area contributed by atoms with Gasteiger partial charge in [0, 0.05) is 56.9 Å². The third-order valence-corrected chi connectivity index (χ3v) is 9.38. The van der Waals surface area contributed by atoms with E-state index in [2.05, 4.69) is 19.9 Å². The van der Waals surface area contributed by atoms with E-state index >= 15 is 4.39 Å². The summed E-state index contributed by atoms with van der Waals surface area (Å²) in [6, 6.07) is 6.33. The molecule has 12 heteroatoms. The summed E-state index contributed by atoms with van der Waals surface area (Å²) in [6.07, 6.45) is 4.68. The summed E-state index contributed by atoms with van der Waals surface area (Å²) in [6.45, 7) is 8.65. The highest BCUT2D eigenvalue weighted by molar-refractivity contribution is 6.01. The van der Waals surface area contributed by atoms with Crippen molar-refractivity contribution in [2.75, 3.05) is 44.7 Å². The Hall–Kier alpha value is -4.19. The van der Waals surface area contributed by atoms with Gasteiger partial charge in [-0.2, -0.15) is 9.97 Å². The van der Waals surface area contributed by atoms with E-state index in [9.17, 15) is 18.7 Å². The van der Waals surface area contributed by atoms with Crippen LogP contribution in [-0.2, 0) is 11.2 Å². The molecule has 4 aromatic rings. The van der Waals surface area contributed by atoms with Crippen LogP contribution in [0.5, 0.6) is 11.8 Å². The number of rotatable bonds is 4. The molecule has 0 radical (unpaired) electrons. The number of aromatic hydroxyl groups is 1. The van der Waals surface area contributed by atoms with Crippen LogP contribution in [0.15, 0.2) is 30.5 Å². The maximum Gasteiger partial charge on any atom is 0.318 e. The zero-order valence-electron chi connectivity index (χ0n) is 26.6. The largest absolute Gasteiger partial charge is 0.508 e. The highest BCUT2D eigenvalue weighted by Crippen LogP contribution is 2.39. The van der Waals surface area contributed by atoms with E-state index in [1.54, 1.807) is 11.0 Å². The molecule has 0 bridgehead atoms. The lowest BCUT2D eigenvalue weighted by Crippen LogP contribution is -2.53. The summed E-state index contributed by atoms with van der Waals surface area (Å²) in [5, 5.41) is 11.8. The molecule has 0 aliphatic carbocycles. The number of pyridine rings is 1. The Balaban J connectivity index is 0.000000352. The fourth-order valence-electron chi connectivity index (χ4n) is 7.22. The van der Waals surface area contributed by atoms with Gasteiger partial charge in [0.25, 0.3) is 0 Å². The van der Waals surface area contributed by atoms with Crippen LogP contribution in [0.4, 0.5) is 19.0 Å². The summed E-state index contributed by atoms with van der Waals surface area (Å²) >= 11 is 0. The van der Waals surface area contributed by atoms with Gasteiger partial charge in [0.1, 0.15) is 34.8 Å². The molecule has 46 heavy (non-hydrogen) atoms. The number of nitrogens with zero attached hydrogens (tertiary/aromatic N) is 6. The molecule has 2 aromatic heterocycles. The van der Waals surface area contributed by atoms with Gasteiger partial charge in [-0.15, -0.1) is 0 Å². The fourth-order valence-corrected chi connectivity index (χ4v) is 7.22. The minimum absolute atomic E-state index is 0.000514. The van der Waals surface area contributed by atoms with Crippen molar-refractivity contribution in [3.63, 3.8) is 0 Å². The number of anilines is 1. The van der Waals surface area contributed by atoms with Crippen molar-refractivity contribution in [1.82, 2.24) is 24.8 Å². The van der Waals surface area contributed by atoms with Gasteiger partial charge in [-0.25, -0.2) is 13.2 Å². The number of amides is 1. The number of hydrogen-bond acceptors (Lipinski definition) is 8. The second kappa shape index (κ2) is 12.9. The predicted molar refractivity (Wildman–Crippen MR) is 171 cm³/mol. The molecule has 1 unspecified atom stereocenters. The van der Waals surface area contributed by atoms with E-state index in [0.29, 0.717) is 66.2 Å². The molecule has 3 fully saturated rings. The number of phenolic OH excluding ortho intramolecular Hbond substituents is 1. The van der Waals surface area contributed by atoms with Crippen LogP contribution in [0.1, 0.15) is 45.6 Å². The zero-order chi connectivity index (χ0) is 32.7. The maximum atomic E-state index is 16.2. The molecule has 0 saturated carbocycles. The van der Waals surface area contributed by atoms with Crippen molar-refractivity contribution >= 4 is 33.4 Å². The number of benzene rings is 2. The molecule has 9 nitrogen and oxygen atoms in total. The van der Waals surface area contributed by atoms with Crippen LogP contribution in [0.2, 0.25) is 0 Å². The maximum absolute atomic E-state index is 16.2. The van der Waals surface area contributed by atoms with Crippen LogP contribution in [0, 0.1) is 11.6 Å². The quantitative estimate of drug-likeness (QED) is 0.307. The topological polar surface area (TPSA) is 94.9 Å². The zero-order valence-corrected chi connectivity index (χ0v) is 26.6. The Bertz CT molecular complexity index is 1780. The molecule has 7 rings (SSSR count). The molecular formula is C34H39F3N6O3. The number of alkyl halides is 1. The Morgan fingerprint density at radius 2 is 1.93 bits per heavy atom. The van der Waals surface area contributed by atoms with Crippen molar-refractivity contribution in [3.8, 4) is 23.0 Å². The first-order chi connectivity index (χ1) is 22.1. The van der Waals surface area contributed by atoms with E-state index in [4.69, 9.17) is 4.74 Å². The molecule has 0 spiro atoms. The Labute approximate surface area is 266 Å². The second-order valence-corrected chi connectivity index (χ2v) is 12.3. The van der Waals surface area contributed by atoms with Gasteiger partial charge in [-0.1, -0.05) is 13.0 Å². The minimum Gasteiger partial charge on any atom is -0.508 e. The van der Waals surface area contributed by atoms with Crippen molar-refractivity contribution in [2.24, 2.45) is 0 Å². The van der Waals surface area contributed by atoms with Gasteiger partial charge in [0.05, 0.1) is 12.5 Å². The van der Waals surface area contributed by atoms with Crippen molar-refractivity contribution in [2.45, 2.75) is 64.7 Å². The molecular weight excluding hydrogens is 597 g/mol. The number of piperazine rings is 1. The van der Waals surface area contributed by atoms with Gasteiger partial charge in [0.2, 0.25) is 5.91 Å². The number of phenols is 1. The lowest BCUT2D eigenvalue weighted by atomic mass is 9.94. The van der Waals surface area contributed by atoms with Gasteiger partial charge < -0.3 is 19.6 Å². The number of carbonyl (C=O) groups excluding carboxylic acids is 1. The number of halogens is 3. The van der Waals surface area contributed by atoms with Crippen LogP contribution in [-0.4, -0.2) is 93.9 Å². The van der Waals surface area contributed by atoms with Crippen LogP contribution >= 0.6 is 0 Å². The molecule has 3 atom stereocenters. The van der Waals surface area contributed by atoms with Gasteiger partial charge in [-0.3, -0.25) is 14.7 Å². The Morgan fingerprint density at radius 1 is 1.13 bits per heavy atom. The van der Waals surface area contributed by atoms with E-state index in [1.807, 2.05) is 18.7 Å². The van der Waals surface area contributed by atoms with Gasteiger partial charge in [0.15, 0.2) is 5.82 Å². The third kappa shape index (κ3) is 5.90. The molecule has 1 amide bonds. The number of hydrogen-bond donors (Lipinski definition) is 1. The standard InChI is InChI=1S/C27H27F2N5O3.C7H12FN/c1-5-18-21(28)7-6-16-10-17(36)11-19(22(16)18)24-23(29)25-20(12-30-24)26(32-27(31-25)37-4)33-8-9-34(15(3)35)14(2)13-33;8-6-4-7-2-1-3-9(7)5-6/h6-7,10-12,14,36H,5,8-9,13H2,1-4H3;6-7H,1-5H2/t14-;6-,7?/m11/s1. The number of aryl methyl sites for hydroxylation is 1. The van der Waals surface area contributed by atoms with Gasteiger partial charge in [-0.05, 0) is 73.7 Å². The van der Waals surface area contributed by atoms with Crippen molar-refractivity contribution < 1.29 is 27.8 Å². The SMILES string of the molecule is CCc1c(F)ccc2cc(O)cc(-c3ncc4c(N5CCN(C(C)=O)[C@H](C)C5)nc(OC)nc4c3F)c12.F[C@@H]1CC2CCCN2C1. The molecule has 3 aliphatic heterocycles. The molecule has 244 valence electrons. The van der Waals surface area contributed by atoms with E-state index < -0.39 is 17.8 Å². The number of fused-ring (bicyclic) bond motifs is 3. The van der Waals surface area contributed by atoms with E-state index in [1.165, 1.54) is 51.3 Å². The first kappa shape index (κ1) is 31.8. The summed E-state index contributed by atoms with van der Waals surface area (Å²) in [5.74, 6) is -0.774. The second-order valence-electron chi connectivity index (χ2n) is 12.3. The fraction of sp³-hybridized carbons (Fsp3) is 0.471. The van der Waals surface area contributed by atoms with E-state index in [-0.39, 0.29) is 40.5 Å². The predicted octanol–water partition coefficient (Wildman–Crippen LogP) is 5.65. The Morgan fingerprint density at radius 3 is 2.63 bits per heavy atom. The number of carbonyl (C=O) groups is 1. The lowest BCUT2D eigenvalue weighted by molar-refractivity contribution is -0.131. The minimum atomic E-state index is -0.729. The molecule has 3 aliphatic rings. The summed E-state index contributed by atoms with van der Waals surface area (Å²) in [5.41, 5.74) is 0.621. The van der Waals surface area contributed by atoms with Crippen molar-refractivity contribution in [3.05, 3.63) is 47.7 Å². The average molecular weight is 637 g/mol. The first-order valence-electron chi connectivity index (χ1n) is 15.8. The molecule has 1 N–H and O–H groups in total. The average Bonchev–Trinajstić information content (AvgIpc) is 3.62. The monoisotopic (exact) mass is 636 g/mol. The molecule has 5 heterocycles. The smallest absolute Gasteiger partial charge is 0.318 e. The van der Waals surface area contributed by atoms with Crippen LogP contribution in [0.3, 0.4) is 0 Å². The summed E-state index contributed by atoms with van der Waals surface area (Å²) in [7, 11) is 1.40. The van der Waals surface area contributed by atoms with E-state index in [0.717, 1.165) is 13.0 Å². The van der Waals surface area contributed by atoms with Gasteiger partial charge >= 0.3 is 6.01 Å². The first-order valence-corrected chi connectivity index (χ1v) is 15.8. The van der Waals surface area contributed by atoms with Crippen molar-refractivity contribution in [1.29, 1.82) is 0 Å². The molecule has 3 saturated heterocycles. The highest BCUT2D eigenvalue weighted by atomic mass is 19.1.